The van der Waals surface area contributed by atoms with Crippen molar-refractivity contribution in [3.05, 3.63) is 77.6 Å². The summed E-state index contributed by atoms with van der Waals surface area (Å²) in [5, 5.41) is 5.65. The summed E-state index contributed by atoms with van der Waals surface area (Å²) in [6.45, 7) is 10.4. The Hall–Kier alpha value is -3.91. The quantitative estimate of drug-likeness (QED) is 0.324. The van der Waals surface area contributed by atoms with Gasteiger partial charge >= 0.3 is 0 Å². The van der Waals surface area contributed by atoms with Crippen molar-refractivity contribution in [2.75, 3.05) is 49.1 Å². The molecule has 8 heteroatoms. The molecule has 2 amide bonds. The minimum absolute atomic E-state index is 0.0354. The number of aromatic nitrogens is 1. The fraction of sp³-hybridized carbons (Fsp3) is 0.457. The van der Waals surface area contributed by atoms with Gasteiger partial charge in [-0.2, -0.15) is 0 Å². The number of rotatable bonds is 6. The van der Waals surface area contributed by atoms with E-state index in [9.17, 15) is 9.59 Å². The molecule has 8 nitrogen and oxygen atoms in total. The summed E-state index contributed by atoms with van der Waals surface area (Å²) < 4.78 is 0. The topological polar surface area (TPSA) is 94.8 Å². The smallest absolute Gasteiger partial charge is 0.270 e. The third-order valence-corrected chi connectivity index (χ3v) is 9.63. The van der Waals surface area contributed by atoms with Crippen molar-refractivity contribution in [2.24, 2.45) is 5.73 Å². The molecule has 3 N–H and O–H groups in total. The highest BCUT2D eigenvalue weighted by atomic mass is 16.2. The van der Waals surface area contributed by atoms with Crippen LogP contribution in [0.3, 0.4) is 0 Å². The van der Waals surface area contributed by atoms with Gasteiger partial charge in [-0.25, -0.2) is 4.98 Å². The highest BCUT2D eigenvalue weighted by Gasteiger charge is 2.30. The fourth-order valence-electron chi connectivity index (χ4n) is 7.15. The van der Waals surface area contributed by atoms with Crippen LogP contribution >= 0.6 is 0 Å². The van der Waals surface area contributed by atoms with Crippen molar-refractivity contribution in [3.8, 4) is 0 Å². The monoisotopic (exact) mass is 580 g/mol. The maximum atomic E-state index is 13.7. The third-order valence-electron chi connectivity index (χ3n) is 9.63. The SMILES string of the molecule is C=CC(=O)N1CCN(c2cc(C(=O)NCC3(N)CCCCCC3)nc3c2CCN(c2cccc4cccc(C)c24)C3)CC1. The Kier molecular flexibility index (Phi) is 8.39. The lowest BCUT2D eigenvalue weighted by Gasteiger charge is -2.39. The van der Waals surface area contributed by atoms with E-state index in [0.29, 0.717) is 45.0 Å². The first-order chi connectivity index (χ1) is 20.8. The van der Waals surface area contributed by atoms with E-state index in [4.69, 9.17) is 10.7 Å². The van der Waals surface area contributed by atoms with Crippen LogP contribution in [0.5, 0.6) is 0 Å². The predicted octanol–water partition coefficient (Wildman–Crippen LogP) is 4.72. The molecule has 3 aromatic rings. The Balaban J connectivity index is 1.31. The molecule has 2 aromatic carbocycles. The summed E-state index contributed by atoms with van der Waals surface area (Å²) in [6, 6.07) is 14.9. The van der Waals surface area contributed by atoms with E-state index >= 15 is 0 Å². The minimum Gasteiger partial charge on any atom is -0.368 e. The number of carbonyl (C=O) groups excluding carboxylic acids is 2. The van der Waals surface area contributed by atoms with Gasteiger partial charge in [-0.1, -0.05) is 62.6 Å². The molecule has 2 aliphatic heterocycles. The molecule has 1 aliphatic carbocycles. The zero-order valence-corrected chi connectivity index (χ0v) is 25.4. The number of pyridine rings is 1. The number of anilines is 2. The Morgan fingerprint density at radius 2 is 1.70 bits per heavy atom. The van der Waals surface area contributed by atoms with Gasteiger partial charge in [0.25, 0.3) is 5.91 Å². The van der Waals surface area contributed by atoms with Crippen LogP contribution in [0.4, 0.5) is 11.4 Å². The van der Waals surface area contributed by atoms with Crippen LogP contribution in [-0.2, 0) is 17.8 Å². The van der Waals surface area contributed by atoms with E-state index in [-0.39, 0.29) is 17.4 Å². The van der Waals surface area contributed by atoms with Gasteiger partial charge in [0, 0.05) is 67.1 Å². The van der Waals surface area contributed by atoms with E-state index in [1.54, 1.807) is 0 Å². The molecule has 0 radical (unpaired) electrons. The largest absolute Gasteiger partial charge is 0.368 e. The molecule has 0 spiro atoms. The second kappa shape index (κ2) is 12.4. The molecular weight excluding hydrogens is 536 g/mol. The van der Waals surface area contributed by atoms with E-state index in [2.05, 4.69) is 65.0 Å². The first-order valence-electron chi connectivity index (χ1n) is 15.8. The normalized spacial score (nSPS) is 18.6. The van der Waals surface area contributed by atoms with Gasteiger partial charge in [-0.15, -0.1) is 0 Å². The summed E-state index contributed by atoms with van der Waals surface area (Å²) >= 11 is 0. The molecule has 3 heterocycles. The van der Waals surface area contributed by atoms with Gasteiger partial charge in [0.15, 0.2) is 0 Å². The summed E-state index contributed by atoms with van der Waals surface area (Å²) in [4.78, 5) is 37.5. The maximum absolute atomic E-state index is 13.7. The number of aryl methyl sites for hydroxylation is 1. The van der Waals surface area contributed by atoms with Gasteiger partial charge in [0.05, 0.1) is 12.2 Å². The molecule has 226 valence electrons. The molecule has 1 saturated heterocycles. The fourth-order valence-corrected chi connectivity index (χ4v) is 7.15. The molecule has 1 saturated carbocycles. The molecule has 0 atom stereocenters. The van der Waals surface area contributed by atoms with Gasteiger partial charge in [0.1, 0.15) is 5.69 Å². The lowest BCUT2D eigenvalue weighted by atomic mass is 9.91. The number of nitrogens with two attached hydrogens (primary N) is 1. The van der Waals surface area contributed by atoms with Crippen LogP contribution in [0.1, 0.15) is 65.8 Å². The lowest BCUT2D eigenvalue weighted by Crippen LogP contribution is -2.50. The molecule has 0 bridgehead atoms. The zero-order chi connectivity index (χ0) is 30.0. The Morgan fingerprint density at radius 3 is 2.42 bits per heavy atom. The van der Waals surface area contributed by atoms with Gasteiger partial charge in [-0.05, 0) is 55.3 Å². The van der Waals surface area contributed by atoms with Gasteiger partial charge in [0.2, 0.25) is 5.91 Å². The van der Waals surface area contributed by atoms with Crippen LogP contribution in [0, 0.1) is 6.92 Å². The summed E-state index contributed by atoms with van der Waals surface area (Å²) in [7, 11) is 0. The Morgan fingerprint density at radius 1 is 0.977 bits per heavy atom. The zero-order valence-electron chi connectivity index (χ0n) is 25.4. The first kappa shape index (κ1) is 29.2. The third kappa shape index (κ3) is 6.11. The highest BCUT2D eigenvalue weighted by molar-refractivity contribution is 5.97. The standard InChI is InChI=1S/C35H44N6O2/c1-3-32(42)40-20-18-39(19-21-40)31-22-28(34(43)37-24-35(36)15-6-4-5-7-16-35)38-29-23-41(17-14-27(29)31)30-13-9-12-26-11-8-10-25(2)33(26)30/h3,8-13,22H,1,4-7,14-21,23-24,36H2,2H3,(H,37,43). The Labute approximate surface area is 254 Å². The molecule has 1 aromatic heterocycles. The molecule has 6 rings (SSSR count). The van der Waals surface area contributed by atoms with Gasteiger partial charge < -0.3 is 25.8 Å². The molecule has 2 fully saturated rings. The number of amides is 2. The second-order valence-electron chi connectivity index (χ2n) is 12.5. The number of hydrogen-bond acceptors (Lipinski definition) is 6. The number of carbonyl (C=O) groups is 2. The van der Waals surface area contributed by atoms with E-state index in [0.717, 1.165) is 50.0 Å². The number of piperazine rings is 1. The molecule has 3 aliphatic rings. The number of fused-ring (bicyclic) bond motifs is 2. The average Bonchev–Trinajstić information content (AvgIpc) is 3.27. The number of nitrogens with one attached hydrogen (secondary N) is 1. The summed E-state index contributed by atoms with van der Waals surface area (Å²) in [5.41, 5.74) is 12.5. The predicted molar refractivity (Wildman–Crippen MR) is 174 cm³/mol. The van der Waals surface area contributed by atoms with E-state index in [1.165, 1.54) is 46.5 Å². The second-order valence-corrected chi connectivity index (χ2v) is 12.5. The van der Waals surface area contributed by atoms with Crippen molar-refractivity contribution in [1.29, 1.82) is 0 Å². The molecular formula is C35H44N6O2. The van der Waals surface area contributed by atoms with Crippen molar-refractivity contribution >= 4 is 34.0 Å². The van der Waals surface area contributed by atoms with Crippen LogP contribution < -0.4 is 20.9 Å². The first-order valence-corrected chi connectivity index (χ1v) is 15.8. The average molecular weight is 581 g/mol. The number of hydrogen-bond donors (Lipinski definition) is 2. The highest BCUT2D eigenvalue weighted by Crippen LogP contribution is 2.36. The van der Waals surface area contributed by atoms with E-state index < -0.39 is 0 Å². The van der Waals surface area contributed by atoms with Crippen LogP contribution in [0.15, 0.2) is 55.1 Å². The maximum Gasteiger partial charge on any atom is 0.270 e. The number of benzene rings is 2. The van der Waals surface area contributed by atoms with Crippen LogP contribution in [0.2, 0.25) is 0 Å². The van der Waals surface area contributed by atoms with Gasteiger partial charge in [-0.3, -0.25) is 9.59 Å². The number of nitrogens with zero attached hydrogens (tertiary/aromatic N) is 4. The van der Waals surface area contributed by atoms with E-state index in [1.807, 2.05) is 11.0 Å². The Bertz CT molecular complexity index is 1510. The van der Waals surface area contributed by atoms with Crippen LogP contribution in [0.25, 0.3) is 10.8 Å². The molecule has 43 heavy (non-hydrogen) atoms. The van der Waals surface area contributed by atoms with Crippen molar-refractivity contribution < 1.29 is 9.59 Å². The van der Waals surface area contributed by atoms with Crippen molar-refractivity contribution in [3.63, 3.8) is 0 Å². The van der Waals surface area contributed by atoms with Crippen molar-refractivity contribution in [2.45, 2.75) is 64.0 Å². The molecule has 0 unspecified atom stereocenters. The van der Waals surface area contributed by atoms with Crippen LogP contribution in [-0.4, -0.2) is 66.5 Å². The lowest BCUT2D eigenvalue weighted by molar-refractivity contribution is -0.126. The van der Waals surface area contributed by atoms with Crippen molar-refractivity contribution in [1.82, 2.24) is 15.2 Å². The minimum atomic E-state index is -0.361. The summed E-state index contributed by atoms with van der Waals surface area (Å²) in [5.74, 6) is -0.205. The summed E-state index contributed by atoms with van der Waals surface area (Å²) in [6.07, 6.45) is 8.72.